The minimum absolute atomic E-state index is 0.0596. The molecule has 1 aliphatic heterocycles. The van der Waals surface area contributed by atoms with E-state index in [0.717, 1.165) is 16.7 Å². The molecule has 1 aromatic rings. The first kappa shape index (κ1) is 13.4. The molecule has 1 aromatic carbocycles. The molecule has 1 unspecified atom stereocenters. The van der Waals surface area contributed by atoms with Gasteiger partial charge < -0.3 is 10.4 Å². The summed E-state index contributed by atoms with van der Waals surface area (Å²) in [6.07, 6.45) is 0.693. The molecule has 0 bridgehead atoms. The van der Waals surface area contributed by atoms with Crippen LogP contribution in [-0.4, -0.2) is 31.1 Å². The molecule has 0 saturated carbocycles. The number of aryl methyl sites for hydroxylation is 2. The van der Waals surface area contributed by atoms with Gasteiger partial charge in [0.05, 0.1) is 11.5 Å². The van der Waals surface area contributed by atoms with Gasteiger partial charge in [0.15, 0.2) is 9.84 Å². The van der Waals surface area contributed by atoms with Crippen LogP contribution in [0.25, 0.3) is 0 Å². The predicted molar refractivity (Wildman–Crippen MR) is 71.5 cm³/mol. The number of benzene rings is 1. The molecule has 0 aromatic heterocycles. The van der Waals surface area contributed by atoms with E-state index in [9.17, 15) is 13.5 Å². The predicted octanol–water partition coefficient (Wildman–Crippen LogP) is 1.29. The first-order valence-electron chi connectivity index (χ1n) is 6.10. The molecule has 0 spiro atoms. The lowest BCUT2D eigenvalue weighted by molar-refractivity contribution is 0.466. The first-order chi connectivity index (χ1) is 8.37. The maximum Gasteiger partial charge on any atom is 0.151 e. The third-order valence-electron chi connectivity index (χ3n) is 3.38. The monoisotopic (exact) mass is 269 g/mol. The number of hydrogen-bond donors (Lipinski definition) is 2. The lowest BCUT2D eigenvalue weighted by atomic mass is 10.1. The van der Waals surface area contributed by atoms with Crippen molar-refractivity contribution in [3.63, 3.8) is 0 Å². The van der Waals surface area contributed by atoms with Crippen LogP contribution in [0.1, 0.15) is 23.1 Å². The molecule has 1 heterocycles. The molecular formula is C13H19NO3S. The van der Waals surface area contributed by atoms with Gasteiger partial charge in [-0.15, -0.1) is 0 Å². The van der Waals surface area contributed by atoms with Crippen LogP contribution in [0.15, 0.2) is 12.1 Å². The molecule has 0 aliphatic carbocycles. The fraction of sp³-hybridized carbons (Fsp3) is 0.538. The Bertz CT molecular complexity index is 528. The number of hydrogen-bond acceptors (Lipinski definition) is 4. The Kier molecular flexibility index (Phi) is 3.64. The van der Waals surface area contributed by atoms with Crippen molar-refractivity contribution < 1.29 is 13.5 Å². The number of rotatable bonds is 3. The highest BCUT2D eigenvalue weighted by atomic mass is 32.2. The fourth-order valence-electron chi connectivity index (χ4n) is 2.37. The number of phenols is 1. The summed E-state index contributed by atoms with van der Waals surface area (Å²) < 4.78 is 22.7. The molecule has 1 aliphatic rings. The zero-order chi connectivity index (χ0) is 13.3. The zero-order valence-electron chi connectivity index (χ0n) is 10.7. The Balaban J connectivity index is 1.99. The van der Waals surface area contributed by atoms with E-state index in [1.54, 1.807) is 0 Å². The summed E-state index contributed by atoms with van der Waals surface area (Å²) in [4.78, 5) is 0. The van der Waals surface area contributed by atoms with Crippen molar-refractivity contribution >= 4 is 9.84 Å². The van der Waals surface area contributed by atoms with Crippen LogP contribution < -0.4 is 5.32 Å². The van der Waals surface area contributed by atoms with E-state index in [-0.39, 0.29) is 17.5 Å². The van der Waals surface area contributed by atoms with Gasteiger partial charge in [-0.1, -0.05) is 12.1 Å². The van der Waals surface area contributed by atoms with Crippen LogP contribution in [0.4, 0.5) is 0 Å². The van der Waals surface area contributed by atoms with Gasteiger partial charge in [0, 0.05) is 12.6 Å². The van der Waals surface area contributed by atoms with Crippen molar-refractivity contribution in [3.8, 4) is 5.75 Å². The van der Waals surface area contributed by atoms with Crippen LogP contribution in [0, 0.1) is 13.8 Å². The third-order valence-corrected chi connectivity index (χ3v) is 5.15. The summed E-state index contributed by atoms with van der Waals surface area (Å²) in [6, 6.07) is 3.92. The topological polar surface area (TPSA) is 66.4 Å². The Morgan fingerprint density at radius 3 is 2.44 bits per heavy atom. The Labute approximate surface area is 108 Å². The van der Waals surface area contributed by atoms with E-state index in [2.05, 4.69) is 5.32 Å². The van der Waals surface area contributed by atoms with Crippen molar-refractivity contribution in [2.24, 2.45) is 0 Å². The second-order valence-electron chi connectivity index (χ2n) is 5.06. The molecule has 1 fully saturated rings. The normalized spacial score (nSPS) is 22.2. The van der Waals surface area contributed by atoms with Gasteiger partial charge in [-0.3, -0.25) is 0 Å². The number of nitrogens with one attached hydrogen (secondary N) is 1. The van der Waals surface area contributed by atoms with Crippen molar-refractivity contribution in [1.29, 1.82) is 0 Å². The Hall–Kier alpha value is -1.07. The second kappa shape index (κ2) is 4.90. The highest BCUT2D eigenvalue weighted by molar-refractivity contribution is 7.91. The average Bonchev–Trinajstić information content (AvgIpc) is 2.63. The summed E-state index contributed by atoms with van der Waals surface area (Å²) >= 11 is 0. The molecule has 1 atom stereocenters. The summed E-state index contributed by atoms with van der Waals surface area (Å²) in [6.45, 7) is 4.37. The van der Waals surface area contributed by atoms with Crippen LogP contribution in [0.2, 0.25) is 0 Å². The maximum atomic E-state index is 11.3. The first-order valence-corrected chi connectivity index (χ1v) is 7.92. The van der Waals surface area contributed by atoms with E-state index in [1.807, 2.05) is 26.0 Å². The Morgan fingerprint density at radius 1 is 1.33 bits per heavy atom. The average molecular weight is 269 g/mol. The second-order valence-corrected chi connectivity index (χ2v) is 7.29. The van der Waals surface area contributed by atoms with E-state index in [1.165, 1.54) is 0 Å². The molecule has 2 rings (SSSR count). The molecular weight excluding hydrogens is 250 g/mol. The highest BCUT2D eigenvalue weighted by Gasteiger charge is 2.27. The molecule has 18 heavy (non-hydrogen) atoms. The highest BCUT2D eigenvalue weighted by Crippen LogP contribution is 2.23. The van der Waals surface area contributed by atoms with Crippen molar-refractivity contribution in [1.82, 2.24) is 5.32 Å². The third kappa shape index (κ3) is 3.03. The van der Waals surface area contributed by atoms with Crippen LogP contribution in [0.5, 0.6) is 5.75 Å². The van der Waals surface area contributed by atoms with Crippen LogP contribution >= 0.6 is 0 Å². The number of sulfone groups is 1. The van der Waals surface area contributed by atoms with Crippen molar-refractivity contribution in [2.45, 2.75) is 32.9 Å². The zero-order valence-corrected chi connectivity index (χ0v) is 11.5. The lowest BCUT2D eigenvalue weighted by Gasteiger charge is -2.12. The molecule has 5 heteroatoms. The largest absolute Gasteiger partial charge is 0.507 e. The fourth-order valence-corrected chi connectivity index (χ4v) is 4.07. The minimum atomic E-state index is -2.83. The lowest BCUT2D eigenvalue weighted by Crippen LogP contribution is -2.29. The van der Waals surface area contributed by atoms with E-state index in [4.69, 9.17) is 0 Å². The van der Waals surface area contributed by atoms with Crippen LogP contribution in [-0.2, 0) is 16.4 Å². The summed E-state index contributed by atoms with van der Waals surface area (Å²) in [7, 11) is -2.83. The molecule has 2 N–H and O–H groups in total. The molecule has 0 amide bonds. The van der Waals surface area contributed by atoms with Gasteiger partial charge in [-0.25, -0.2) is 8.42 Å². The van der Waals surface area contributed by atoms with Crippen molar-refractivity contribution in [2.75, 3.05) is 11.5 Å². The van der Waals surface area contributed by atoms with Gasteiger partial charge in [0.2, 0.25) is 0 Å². The molecule has 1 saturated heterocycles. The van der Waals surface area contributed by atoms with E-state index in [0.29, 0.717) is 18.7 Å². The molecule has 100 valence electrons. The maximum absolute atomic E-state index is 11.3. The standard InChI is InChI=1S/C13H19NO3S/c1-9-5-11(6-10(2)13(9)15)7-14-12-3-4-18(16,17)8-12/h5-6,12,14-15H,3-4,7-8H2,1-2H3. The van der Waals surface area contributed by atoms with E-state index >= 15 is 0 Å². The van der Waals surface area contributed by atoms with Gasteiger partial charge in [-0.2, -0.15) is 0 Å². The minimum Gasteiger partial charge on any atom is -0.507 e. The van der Waals surface area contributed by atoms with Crippen LogP contribution in [0.3, 0.4) is 0 Å². The summed E-state index contributed by atoms with van der Waals surface area (Å²) in [5.41, 5.74) is 2.78. The summed E-state index contributed by atoms with van der Waals surface area (Å²) in [5.74, 6) is 0.864. The quantitative estimate of drug-likeness (QED) is 0.867. The molecule has 0 radical (unpaired) electrons. The van der Waals surface area contributed by atoms with Crippen molar-refractivity contribution in [3.05, 3.63) is 28.8 Å². The Morgan fingerprint density at radius 2 is 1.94 bits per heavy atom. The smallest absolute Gasteiger partial charge is 0.151 e. The number of aromatic hydroxyl groups is 1. The van der Waals surface area contributed by atoms with Gasteiger partial charge in [0.1, 0.15) is 5.75 Å². The molecule has 4 nitrogen and oxygen atoms in total. The van der Waals surface area contributed by atoms with E-state index < -0.39 is 9.84 Å². The van der Waals surface area contributed by atoms with Gasteiger partial charge >= 0.3 is 0 Å². The van der Waals surface area contributed by atoms with Gasteiger partial charge in [0.25, 0.3) is 0 Å². The summed E-state index contributed by atoms with van der Waals surface area (Å²) in [5, 5.41) is 12.9. The SMILES string of the molecule is Cc1cc(CNC2CCS(=O)(=O)C2)cc(C)c1O. The van der Waals surface area contributed by atoms with Gasteiger partial charge in [-0.05, 0) is 37.0 Å². The number of phenolic OH excluding ortho intramolecular Hbond substituents is 1.